The quantitative estimate of drug-likeness (QED) is 0.729. The van der Waals surface area contributed by atoms with E-state index in [1.54, 1.807) is 36.1 Å². The number of nitrogens with one attached hydrogen (secondary N) is 1. The Morgan fingerprint density at radius 2 is 1.93 bits per heavy atom. The van der Waals surface area contributed by atoms with Crippen LogP contribution in [0, 0.1) is 0 Å². The maximum absolute atomic E-state index is 12.9. The van der Waals surface area contributed by atoms with Crippen molar-refractivity contribution in [2.24, 2.45) is 0 Å². The first-order valence-corrected chi connectivity index (χ1v) is 12.7. The second kappa shape index (κ2) is 8.45. The molecule has 1 unspecified atom stereocenters. The molecule has 30 heavy (non-hydrogen) atoms. The van der Waals surface area contributed by atoms with E-state index >= 15 is 0 Å². The summed E-state index contributed by atoms with van der Waals surface area (Å²) in [6.07, 6.45) is 3.42. The second-order valence-corrected chi connectivity index (χ2v) is 11.3. The van der Waals surface area contributed by atoms with Crippen molar-refractivity contribution >= 4 is 54.9 Å². The number of benzene rings is 1. The van der Waals surface area contributed by atoms with Gasteiger partial charge in [-0.05, 0) is 62.3 Å². The maximum atomic E-state index is 12.9. The molecule has 1 aromatic carbocycles. The van der Waals surface area contributed by atoms with Gasteiger partial charge in [-0.25, -0.2) is 8.42 Å². The lowest BCUT2D eigenvalue weighted by atomic mass is 10.1. The van der Waals surface area contributed by atoms with Gasteiger partial charge in [0.25, 0.3) is 10.0 Å². The predicted molar refractivity (Wildman–Crippen MR) is 117 cm³/mol. The number of amides is 2. The number of thiophene rings is 1. The Kier molecular flexibility index (Phi) is 6.07. The molecule has 1 aromatic heterocycles. The molecule has 2 aliphatic rings. The van der Waals surface area contributed by atoms with Crippen LogP contribution < -0.4 is 4.72 Å². The average Bonchev–Trinajstić information content (AvgIpc) is 3.31. The molecular formula is C20H24ClN3O4S2. The minimum absolute atomic E-state index is 0.0621. The van der Waals surface area contributed by atoms with Crippen LogP contribution in [0.1, 0.15) is 32.6 Å². The molecule has 162 valence electrons. The topological polar surface area (TPSA) is 86.8 Å². The third kappa shape index (κ3) is 4.21. The minimum atomic E-state index is -3.86. The highest BCUT2D eigenvalue weighted by Crippen LogP contribution is 2.31. The molecule has 2 fully saturated rings. The number of carbonyl (C=O) groups excluding carboxylic acids is 2. The minimum Gasteiger partial charge on any atom is -0.341 e. The summed E-state index contributed by atoms with van der Waals surface area (Å²) in [6, 6.07) is 5.31. The molecule has 2 saturated heterocycles. The zero-order valence-corrected chi connectivity index (χ0v) is 19.0. The lowest BCUT2D eigenvalue weighted by Crippen LogP contribution is -2.51. The van der Waals surface area contributed by atoms with E-state index in [9.17, 15) is 18.0 Å². The zero-order valence-electron chi connectivity index (χ0n) is 16.6. The summed E-state index contributed by atoms with van der Waals surface area (Å²) < 4.78 is 29.2. The molecule has 2 amide bonds. The number of halogens is 1. The van der Waals surface area contributed by atoms with E-state index in [4.69, 9.17) is 11.6 Å². The van der Waals surface area contributed by atoms with Gasteiger partial charge >= 0.3 is 0 Å². The van der Waals surface area contributed by atoms with E-state index < -0.39 is 22.1 Å². The monoisotopic (exact) mass is 469 g/mol. The van der Waals surface area contributed by atoms with Crippen molar-refractivity contribution in [3.8, 4) is 0 Å². The highest BCUT2D eigenvalue weighted by molar-refractivity contribution is 7.91. The van der Waals surface area contributed by atoms with Gasteiger partial charge in [0.2, 0.25) is 11.8 Å². The first-order valence-electron chi connectivity index (χ1n) is 10.1. The summed E-state index contributed by atoms with van der Waals surface area (Å²) in [4.78, 5) is 28.9. The number of fused-ring (bicyclic) bond motifs is 1. The van der Waals surface area contributed by atoms with E-state index in [0.29, 0.717) is 18.0 Å². The van der Waals surface area contributed by atoms with E-state index in [0.717, 1.165) is 53.8 Å². The lowest BCUT2D eigenvalue weighted by molar-refractivity contribution is -0.143. The number of hydrogen-bond acceptors (Lipinski definition) is 5. The summed E-state index contributed by atoms with van der Waals surface area (Å²) >= 11 is 7.12. The Bertz CT molecular complexity index is 1080. The van der Waals surface area contributed by atoms with Crippen molar-refractivity contribution in [1.29, 1.82) is 0 Å². The van der Waals surface area contributed by atoms with Gasteiger partial charge in [0.15, 0.2) is 0 Å². The fourth-order valence-electron chi connectivity index (χ4n) is 4.08. The molecule has 0 aliphatic carbocycles. The van der Waals surface area contributed by atoms with Crippen LogP contribution in [-0.2, 0) is 19.6 Å². The Morgan fingerprint density at radius 3 is 2.67 bits per heavy atom. The second-order valence-electron chi connectivity index (χ2n) is 7.80. The van der Waals surface area contributed by atoms with Crippen molar-refractivity contribution in [2.45, 2.75) is 48.9 Å². The van der Waals surface area contributed by atoms with Crippen LogP contribution in [0.5, 0.6) is 0 Å². The number of likely N-dealkylation sites (tertiary alicyclic amines) is 2. The molecule has 2 aromatic rings. The molecule has 10 heteroatoms. The van der Waals surface area contributed by atoms with Gasteiger partial charge in [-0.1, -0.05) is 11.6 Å². The van der Waals surface area contributed by atoms with Gasteiger partial charge in [-0.3, -0.25) is 9.59 Å². The Hall–Kier alpha value is -1.68. The van der Waals surface area contributed by atoms with Crippen molar-refractivity contribution in [1.82, 2.24) is 14.5 Å². The smallest absolute Gasteiger partial charge is 0.250 e. The van der Waals surface area contributed by atoms with Crippen molar-refractivity contribution in [2.75, 3.05) is 19.6 Å². The van der Waals surface area contributed by atoms with Crippen molar-refractivity contribution in [3.63, 3.8) is 0 Å². The molecule has 2 aliphatic heterocycles. The van der Waals surface area contributed by atoms with Gasteiger partial charge in [0.1, 0.15) is 16.3 Å². The van der Waals surface area contributed by atoms with Crippen molar-refractivity contribution < 1.29 is 18.0 Å². The van der Waals surface area contributed by atoms with E-state index in [2.05, 4.69) is 4.72 Å². The summed E-state index contributed by atoms with van der Waals surface area (Å²) in [5, 5.41) is 1.28. The van der Waals surface area contributed by atoms with Gasteiger partial charge in [0, 0.05) is 29.4 Å². The van der Waals surface area contributed by atoms with Crippen LogP contribution in [0.2, 0.25) is 5.02 Å². The average molecular weight is 470 g/mol. The van der Waals surface area contributed by atoms with Gasteiger partial charge in [0.05, 0.1) is 0 Å². The van der Waals surface area contributed by atoms with Crippen LogP contribution in [0.25, 0.3) is 10.1 Å². The molecule has 1 N–H and O–H groups in total. The van der Waals surface area contributed by atoms with E-state index in [-0.39, 0.29) is 16.0 Å². The summed E-state index contributed by atoms with van der Waals surface area (Å²) in [5.74, 6) is -0.409. The Balaban J connectivity index is 1.45. The maximum Gasteiger partial charge on any atom is 0.250 e. The van der Waals surface area contributed by atoms with Crippen LogP contribution in [0.15, 0.2) is 28.5 Å². The molecule has 4 rings (SSSR count). The fourth-order valence-corrected chi connectivity index (χ4v) is 6.87. The Morgan fingerprint density at radius 1 is 1.20 bits per heavy atom. The molecule has 0 saturated carbocycles. The lowest BCUT2D eigenvalue weighted by Gasteiger charge is -2.32. The highest BCUT2D eigenvalue weighted by atomic mass is 35.5. The summed E-state index contributed by atoms with van der Waals surface area (Å²) in [5.41, 5.74) is 0. The van der Waals surface area contributed by atoms with Crippen LogP contribution in [0.3, 0.4) is 0 Å². The number of hydrogen-bond donors (Lipinski definition) is 1. The molecule has 0 radical (unpaired) electrons. The van der Waals surface area contributed by atoms with E-state index in [1.807, 2.05) is 0 Å². The molecule has 2 atom stereocenters. The standard InChI is InChI=1S/C20H24ClN3O4S2/c1-13(19(25)23-8-3-2-4-9-23)24-10-7-16(20(24)26)22-30(27,28)18-12-14-11-15(21)5-6-17(14)29-18/h5-6,11-13,16,22H,2-4,7-10H2,1H3/t13-,16?/m0/s1. The first kappa shape index (κ1) is 21.5. The molecule has 0 bridgehead atoms. The first-order chi connectivity index (χ1) is 14.3. The molecule has 0 spiro atoms. The van der Waals surface area contributed by atoms with Gasteiger partial charge in [-0.15, -0.1) is 11.3 Å². The number of nitrogens with zero attached hydrogens (tertiary/aromatic N) is 2. The number of piperidine rings is 1. The van der Waals surface area contributed by atoms with Gasteiger partial charge in [-0.2, -0.15) is 4.72 Å². The zero-order chi connectivity index (χ0) is 21.5. The SMILES string of the molecule is C[C@@H](C(=O)N1CCCCC1)N1CCC(NS(=O)(=O)c2cc3cc(Cl)ccc3s2)C1=O. The highest BCUT2D eigenvalue weighted by Gasteiger charge is 2.40. The fraction of sp³-hybridized carbons (Fsp3) is 0.500. The Labute approximate surface area is 185 Å². The number of rotatable bonds is 5. The van der Waals surface area contributed by atoms with Crippen molar-refractivity contribution in [3.05, 3.63) is 29.3 Å². The number of sulfonamides is 1. The predicted octanol–water partition coefficient (Wildman–Crippen LogP) is 2.83. The molecular weight excluding hydrogens is 446 g/mol. The normalized spacial score (nSPS) is 21.4. The molecule has 3 heterocycles. The third-order valence-corrected chi connectivity index (χ3v) is 9.05. The van der Waals surface area contributed by atoms with Crippen LogP contribution >= 0.6 is 22.9 Å². The molecule has 7 nitrogen and oxygen atoms in total. The largest absolute Gasteiger partial charge is 0.341 e. The number of carbonyl (C=O) groups is 2. The van der Waals surface area contributed by atoms with Crippen LogP contribution in [0.4, 0.5) is 0 Å². The third-order valence-electron chi connectivity index (χ3n) is 5.75. The summed E-state index contributed by atoms with van der Waals surface area (Å²) in [6.45, 7) is 3.52. The van der Waals surface area contributed by atoms with Gasteiger partial charge < -0.3 is 9.80 Å². The van der Waals surface area contributed by atoms with E-state index in [1.165, 1.54) is 4.90 Å². The van der Waals surface area contributed by atoms with Crippen LogP contribution in [-0.4, -0.2) is 61.7 Å². The summed E-state index contributed by atoms with van der Waals surface area (Å²) in [7, 11) is -3.86.